The predicted octanol–water partition coefficient (Wildman–Crippen LogP) is 1.99. The molecule has 0 bridgehead atoms. The van der Waals surface area contributed by atoms with Crippen molar-refractivity contribution in [3.8, 4) is 0 Å². The Hall–Kier alpha value is -2.27. The summed E-state index contributed by atoms with van der Waals surface area (Å²) in [6.45, 7) is 3.07. The van der Waals surface area contributed by atoms with E-state index < -0.39 is 36.4 Å². The lowest BCUT2D eigenvalue weighted by Gasteiger charge is -2.29. The molecule has 3 N–H and O–H groups in total. The van der Waals surface area contributed by atoms with Crippen LogP contribution in [0.15, 0.2) is 0 Å². The molecule has 0 aromatic rings. The van der Waals surface area contributed by atoms with Crippen LogP contribution in [0.1, 0.15) is 26.2 Å². The average molecular weight is 494 g/mol. The number of hydrogen-bond donors (Lipinski definition) is 2. The third kappa shape index (κ3) is 11.4. The van der Waals surface area contributed by atoms with Crippen molar-refractivity contribution in [3.05, 3.63) is 0 Å². The molecular formula is C15H22F8N2O7. The second-order valence-corrected chi connectivity index (χ2v) is 5.59. The van der Waals surface area contributed by atoms with E-state index in [1.165, 1.54) is 6.92 Å². The lowest BCUT2D eigenvalue weighted by atomic mass is 10.2. The van der Waals surface area contributed by atoms with Crippen molar-refractivity contribution in [2.75, 3.05) is 27.3 Å². The van der Waals surface area contributed by atoms with Gasteiger partial charge in [0.2, 0.25) is 5.91 Å². The summed E-state index contributed by atoms with van der Waals surface area (Å²) in [5.74, 6) is -5.59. The molecule has 0 radical (unpaired) electrons. The fourth-order valence-corrected chi connectivity index (χ4v) is 1.47. The third-order valence-electron chi connectivity index (χ3n) is 2.95. The molecule has 0 unspecified atom stereocenters. The highest BCUT2D eigenvalue weighted by atomic mass is 19.3. The molecule has 32 heavy (non-hydrogen) atoms. The Bertz CT molecular complexity index is 581. The van der Waals surface area contributed by atoms with Crippen LogP contribution in [0.4, 0.5) is 35.1 Å². The molecule has 0 aliphatic heterocycles. The molecule has 0 saturated carbocycles. The van der Waals surface area contributed by atoms with Gasteiger partial charge in [-0.1, -0.05) is 6.42 Å². The molecular weight excluding hydrogens is 472 g/mol. The predicted molar refractivity (Wildman–Crippen MR) is 87.6 cm³/mol. The molecule has 0 aromatic carbocycles. The van der Waals surface area contributed by atoms with Crippen LogP contribution in [0, 0.1) is 0 Å². The molecule has 0 aliphatic carbocycles. The van der Waals surface area contributed by atoms with Gasteiger partial charge >= 0.3 is 36.4 Å². The molecule has 0 aromatic heterocycles. The molecule has 17 heteroatoms. The molecule has 0 rings (SSSR count). The number of amides is 1. The molecule has 0 spiro atoms. The van der Waals surface area contributed by atoms with Gasteiger partial charge in [-0.25, -0.2) is 19.1 Å². The second kappa shape index (κ2) is 13.3. The van der Waals surface area contributed by atoms with Crippen molar-refractivity contribution >= 4 is 17.8 Å². The van der Waals surface area contributed by atoms with Crippen LogP contribution in [-0.4, -0.2) is 69.6 Å². The molecule has 9 nitrogen and oxygen atoms in total. The van der Waals surface area contributed by atoms with E-state index in [4.69, 9.17) is 5.73 Å². The summed E-state index contributed by atoms with van der Waals surface area (Å²) in [6, 6.07) is 0. The summed E-state index contributed by atoms with van der Waals surface area (Å²) in [5, 5.41) is 2.72. The van der Waals surface area contributed by atoms with Gasteiger partial charge in [0.15, 0.2) is 0 Å². The Balaban J connectivity index is 0. The van der Waals surface area contributed by atoms with Gasteiger partial charge in [0.25, 0.3) is 0 Å². The van der Waals surface area contributed by atoms with Crippen molar-refractivity contribution < 1.29 is 68.5 Å². The maximum absolute atomic E-state index is 12.8. The Morgan fingerprint density at radius 1 is 0.750 bits per heavy atom. The number of carbonyl (C=O) groups is 3. The molecule has 0 aliphatic rings. The van der Waals surface area contributed by atoms with E-state index in [9.17, 15) is 49.5 Å². The van der Waals surface area contributed by atoms with Crippen LogP contribution in [0.25, 0.3) is 0 Å². The van der Waals surface area contributed by atoms with Crippen LogP contribution < -0.4 is 11.1 Å². The van der Waals surface area contributed by atoms with Gasteiger partial charge in [-0.2, -0.15) is 35.1 Å². The lowest BCUT2D eigenvalue weighted by Crippen LogP contribution is -2.54. The zero-order chi connectivity index (χ0) is 25.8. The van der Waals surface area contributed by atoms with Gasteiger partial charge in [0.1, 0.15) is 0 Å². The Kier molecular flexibility index (Phi) is 13.3. The van der Waals surface area contributed by atoms with E-state index in [1.54, 1.807) is 0 Å². The number of nitrogens with two attached hydrogens (primary N) is 1. The topological polar surface area (TPSA) is 126 Å². The van der Waals surface area contributed by atoms with E-state index in [0.29, 0.717) is 0 Å². The number of alkyl halides is 8. The molecule has 0 saturated heterocycles. The van der Waals surface area contributed by atoms with Gasteiger partial charge < -0.3 is 20.5 Å². The van der Waals surface area contributed by atoms with Crippen LogP contribution in [-0.2, 0) is 33.3 Å². The largest absolute Gasteiger partial charge is 0.463 e. The Labute approximate surface area is 176 Å². The zero-order valence-corrected chi connectivity index (χ0v) is 17.0. The molecule has 0 atom stereocenters. The number of ether oxygens (including phenoxy) is 4. The smallest absolute Gasteiger partial charge is 0.460 e. The van der Waals surface area contributed by atoms with Crippen LogP contribution in [0.5, 0.6) is 0 Å². The first kappa shape index (κ1) is 31.9. The molecule has 190 valence electrons. The van der Waals surface area contributed by atoms with Gasteiger partial charge in [0, 0.05) is 13.5 Å². The number of esters is 2. The first-order valence-electron chi connectivity index (χ1n) is 8.43. The van der Waals surface area contributed by atoms with E-state index in [2.05, 4.69) is 24.3 Å². The minimum Gasteiger partial charge on any atom is -0.463 e. The molecule has 0 heterocycles. The fraction of sp³-hybridized carbons (Fsp3) is 0.800. The third-order valence-corrected chi connectivity index (χ3v) is 2.95. The number of rotatable bonds is 12. The fourth-order valence-electron chi connectivity index (χ4n) is 1.47. The highest BCUT2D eigenvalue weighted by molar-refractivity contribution is 5.76. The minimum absolute atomic E-state index is 0.0488. The van der Waals surface area contributed by atoms with Crippen LogP contribution in [0.3, 0.4) is 0 Å². The van der Waals surface area contributed by atoms with E-state index in [1.807, 2.05) is 0 Å². The minimum atomic E-state index is -6.44. The van der Waals surface area contributed by atoms with Gasteiger partial charge in [-0.05, 0) is 19.4 Å². The Morgan fingerprint density at radius 2 is 1.12 bits per heavy atom. The number of methoxy groups -OCH3 is 2. The number of nitrogens with one attached hydrogen (secondary N) is 1. The van der Waals surface area contributed by atoms with E-state index >= 15 is 0 Å². The maximum atomic E-state index is 12.8. The van der Waals surface area contributed by atoms with E-state index in [0.717, 1.165) is 32.4 Å². The quantitative estimate of drug-likeness (QED) is 0.240. The average Bonchev–Trinajstić information content (AvgIpc) is 2.64. The van der Waals surface area contributed by atoms with Gasteiger partial charge in [-0.15, -0.1) is 0 Å². The van der Waals surface area contributed by atoms with Crippen molar-refractivity contribution in [2.24, 2.45) is 5.73 Å². The highest BCUT2D eigenvalue weighted by Crippen LogP contribution is 2.43. The summed E-state index contributed by atoms with van der Waals surface area (Å²) >= 11 is 0. The Morgan fingerprint density at radius 3 is 1.41 bits per heavy atom. The first-order chi connectivity index (χ1) is 14.4. The lowest BCUT2D eigenvalue weighted by molar-refractivity contribution is -0.502. The summed E-state index contributed by atoms with van der Waals surface area (Å²) in [7, 11) is 0.551. The number of halogens is 8. The van der Waals surface area contributed by atoms with Crippen molar-refractivity contribution in [3.63, 3.8) is 0 Å². The van der Waals surface area contributed by atoms with Crippen LogP contribution in [0.2, 0.25) is 0 Å². The standard InChI is InChI=1S/C8H6F8O6.C7H16N2O/c1-19-3(17)5(9,10)21-7(13,14)8(15,16)22-6(11,12)4(18)20-2;1-7(10)9-6-4-2-3-5-8/h1-2H3;2-6,8H2,1H3,(H,9,10). The first-order valence-corrected chi connectivity index (χ1v) is 8.43. The molecule has 0 fully saturated rings. The maximum Gasteiger partial charge on any atom is 0.460 e. The van der Waals surface area contributed by atoms with Gasteiger partial charge in [-0.3, -0.25) is 4.79 Å². The summed E-state index contributed by atoms with van der Waals surface area (Å²) < 4.78 is 113. The summed E-state index contributed by atoms with van der Waals surface area (Å²) in [6.07, 6.45) is -20.9. The normalized spacial score (nSPS) is 12.4. The molecule has 1 amide bonds. The second-order valence-electron chi connectivity index (χ2n) is 5.59. The van der Waals surface area contributed by atoms with E-state index in [-0.39, 0.29) is 20.1 Å². The van der Waals surface area contributed by atoms with Gasteiger partial charge in [0.05, 0.1) is 14.2 Å². The highest BCUT2D eigenvalue weighted by Gasteiger charge is 2.70. The number of unbranched alkanes of at least 4 members (excludes halogenated alkanes) is 2. The number of carbonyl (C=O) groups excluding carboxylic acids is 3. The van der Waals surface area contributed by atoms with Crippen molar-refractivity contribution in [1.29, 1.82) is 0 Å². The van der Waals surface area contributed by atoms with Crippen LogP contribution >= 0.6 is 0 Å². The summed E-state index contributed by atoms with van der Waals surface area (Å²) in [4.78, 5) is 31.0. The summed E-state index contributed by atoms with van der Waals surface area (Å²) in [5.41, 5.74) is 5.28. The monoisotopic (exact) mass is 494 g/mol. The number of hydrogen-bond acceptors (Lipinski definition) is 8. The SMILES string of the molecule is CC(=O)NCCCCCN.COC(=O)C(F)(F)OC(F)(F)C(F)(F)OC(F)(F)C(=O)OC. The van der Waals surface area contributed by atoms with Crippen molar-refractivity contribution in [2.45, 2.75) is 50.6 Å². The zero-order valence-electron chi connectivity index (χ0n) is 17.0. The van der Waals surface area contributed by atoms with Crippen molar-refractivity contribution in [1.82, 2.24) is 5.32 Å².